The molecule has 1 heteroatoms. The van der Waals surface area contributed by atoms with E-state index in [1.165, 1.54) is 0 Å². The summed E-state index contributed by atoms with van der Waals surface area (Å²) in [7, 11) is 0. The molecule has 0 heterocycles. The minimum absolute atomic E-state index is 0.143. The fraction of sp³-hybridized carbons (Fsp3) is 0.500. The van der Waals surface area contributed by atoms with Crippen molar-refractivity contribution in [1.82, 2.24) is 0 Å². The van der Waals surface area contributed by atoms with Crippen molar-refractivity contribution >= 4 is 0 Å². The van der Waals surface area contributed by atoms with Crippen molar-refractivity contribution in [3.8, 4) is 0 Å². The van der Waals surface area contributed by atoms with Crippen molar-refractivity contribution in [1.29, 1.82) is 0 Å². The highest BCUT2D eigenvalue weighted by molar-refractivity contribution is 5.15. The van der Waals surface area contributed by atoms with E-state index in [1.54, 1.807) is 0 Å². The maximum absolute atomic E-state index is 11.7. The summed E-state index contributed by atoms with van der Waals surface area (Å²) in [5, 5.41) is 11.7. The van der Waals surface area contributed by atoms with Crippen LogP contribution in [0.4, 0.5) is 0 Å². The van der Waals surface area contributed by atoms with Gasteiger partial charge in [0, 0.05) is 6.42 Å². The molecule has 0 fully saturated rings. The van der Waals surface area contributed by atoms with Crippen LogP contribution in [-0.2, 0) is 11.5 Å². The zero-order chi connectivity index (χ0) is 9.90. The molecule has 0 saturated carbocycles. The lowest BCUT2D eigenvalue weighted by Crippen LogP contribution is -2.26. The molecule has 1 atom stereocenters. The topological polar surface area (TPSA) is 19.9 Å². The highest BCUT2D eigenvalue weighted by Crippen LogP contribution is 2.22. The smallest absolute Gasteiger partial charge is 0.102 e. The van der Waals surface area contributed by atoms with E-state index < -0.39 is 6.10 Å². The van der Waals surface area contributed by atoms with Crippen molar-refractivity contribution < 1.29 is 5.11 Å². The summed E-state index contributed by atoms with van der Waals surface area (Å²) in [6, 6.07) is 9.95. The van der Waals surface area contributed by atoms with Crippen LogP contribution >= 0.6 is 0 Å². The number of hydrogen-bond donors (Lipinski definition) is 0. The average molecular weight is 177 g/mol. The van der Waals surface area contributed by atoms with Gasteiger partial charge in [-0.1, -0.05) is 51.1 Å². The van der Waals surface area contributed by atoms with E-state index in [1.807, 2.05) is 51.1 Å². The predicted octanol–water partition coefficient (Wildman–Crippen LogP) is 3.07. The minimum atomic E-state index is -0.519. The van der Waals surface area contributed by atoms with Gasteiger partial charge in [-0.3, -0.25) is 0 Å². The Hall–Kier alpha value is -0.820. The van der Waals surface area contributed by atoms with Crippen LogP contribution in [0.3, 0.4) is 0 Å². The zero-order valence-electron chi connectivity index (χ0n) is 8.58. The third kappa shape index (κ3) is 3.19. The van der Waals surface area contributed by atoms with E-state index in [0.29, 0.717) is 6.42 Å². The van der Waals surface area contributed by atoms with Crippen LogP contribution in [0.15, 0.2) is 30.3 Å². The van der Waals surface area contributed by atoms with Crippen LogP contribution < -0.4 is 0 Å². The summed E-state index contributed by atoms with van der Waals surface area (Å²) < 4.78 is 0. The van der Waals surface area contributed by atoms with Crippen molar-refractivity contribution in [3.05, 3.63) is 35.9 Å². The second kappa shape index (κ2) is 3.93. The van der Waals surface area contributed by atoms with Gasteiger partial charge in [0.2, 0.25) is 0 Å². The monoisotopic (exact) mass is 177 g/mol. The molecule has 1 unspecified atom stereocenters. The second-order valence-corrected chi connectivity index (χ2v) is 4.54. The Morgan fingerprint density at radius 1 is 1.15 bits per heavy atom. The van der Waals surface area contributed by atoms with Gasteiger partial charge in [0.1, 0.15) is 6.10 Å². The summed E-state index contributed by atoms with van der Waals surface area (Å²) in [5.41, 5.74) is 0.993. The molecule has 0 aliphatic rings. The van der Waals surface area contributed by atoms with Crippen molar-refractivity contribution in [2.24, 2.45) is 5.41 Å². The number of hydrogen-bond acceptors (Lipinski definition) is 0. The Labute approximate surface area is 80.4 Å². The fourth-order valence-corrected chi connectivity index (χ4v) is 1.13. The van der Waals surface area contributed by atoms with Crippen molar-refractivity contribution in [3.63, 3.8) is 0 Å². The molecule has 0 N–H and O–H groups in total. The Kier molecular flexibility index (Phi) is 3.10. The van der Waals surface area contributed by atoms with Crippen molar-refractivity contribution in [2.45, 2.75) is 33.3 Å². The molecular weight excluding hydrogens is 160 g/mol. The first-order valence-corrected chi connectivity index (χ1v) is 4.70. The number of rotatable bonds is 2. The van der Waals surface area contributed by atoms with Gasteiger partial charge >= 0.3 is 0 Å². The van der Waals surface area contributed by atoms with Crippen LogP contribution in [-0.4, -0.2) is 6.10 Å². The Morgan fingerprint density at radius 2 is 1.69 bits per heavy atom. The van der Waals surface area contributed by atoms with Crippen LogP contribution in [0, 0.1) is 5.41 Å². The van der Waals surface area contributed by atoms with Crippen LogP contribution in [0.5, 0.6) is 0 Å². The summed E-state index contributed by atoms with van der Waals surface area (Å²) in [6.45, 7) is 5.98. The lowest BCUT2D eigenvalue weighted by molar-refractivity contribution is 0.00124. The fourth-order valence-electron chi connectivity index (χ4n) is 1.13. The van der Waals surface area contributed by atoms with Gasteiger partial charge in [-0.25, -0.2) is 5.11 Å². The molecule has 0 bridgehead atoms. The van der Waals surface area contributed by atoms with Gasteiger partial charge in [0.15, 0.2) is 0 Å². The minimum Gasteiger partial charge on any atom is -0.232 e. The Balaban J connectivity index is 2.61. The first kappa shape index (κ1) is 10.3. The van der Waals surface area contributed by atoms with E-state index in [2.05, 4.69) is 0 Å². The zero-order valence-corrected chi connectivity index (χ0v) is 8.58. The van der Waals surface area contributed by atoms with E-state index in [-0.39, 0.29) is 5.41 Å². The molecule has 1 aromatic rings. The van der Waals surface area contributed by atoms with Crippen LogP contribution in [0.25, 0.3) is 0 Å². The predicted molar refractivity (Wildman–Crippen MR) is 54.1 cm³/mol. The molecule has 1 rings (SSSR count). The number of benzene rings is 1. The largest absolute Gasteiger partial charge is 0.232 e. The lowest BCUT2D eigenvalue weighted by atomic mass is 9.85. The summed E-state index contributed by atoms with van der Waals surface area (Å²) >= 11 is 0. The summed E-state index contributed by atoms with van der Waals surface area (Å²) in [5.74, 6) is 0. The van der Waals surface area contributed by atoms with Crippen LogP contribution in [0.1, 0.15) is 26.3 Å². The van der Waals surface area contributed by atoms with E-state index >= 15 is 0 Å². The highest BCUT2D eigenvalue weighted by Gasteiger charge is 2.23. The summed E-state index contributed by atoms with van der Waals surface area (Å²) in [4.78, 5) is 0. The third-order valence-corrected chi connectivity index (χ3v) is 2.23. The lowest BCUT2D eigenvalue weighted by Gasteiger charge is -2.23. The normalized spacial score (nSPS) is 14.2. The van der Waals surface area contributed by atoms with Gasteiger partial charge in [-0.05, 0) is 11.0 Å². The van der Waals surface area contributed by atoms with Gasteiger partial charge in [-0.15, -0.1) is 0 Å². The highest BCUT2D eigenvalue weighted by atomic mass is 16.3. The molecule has 0 aliphatic carbocycles. The SMILES string of the molecule is CC(C)(C)C([O])Cc1ccccc1. The molecule has 0 aliphatic heterocycles. The maximum Gasteiger partial charge on any atom is 0.102 e. The molecule has 1 nitrogen and oxygen atoms in total. The Morgan fingerprint density at radius 3 is 2.15 bits per heavy atom. The molecule has 0 spiro atoms. The molecule has 0 amide bonds. The third-order valence-electron chi connectivity index (χ3n) is 2.23. The first-order valence-electron chi connectivity index (χ1n) is 4.70. The molecule has 0 saturated heterocycles. The summed E-state index contributed by atoms with van der Waals surface area (Å²) in [6.07, 6.45) is 0.111. The molecular formula is C12H17O. The Bertz CT molecular complexity index is 246. The standard InChI is InChI=1S/C12H17O/c1-12(2,3)11(13)9-10-7-5-4-6-8-10/h4-8,11H,9H2,1-3H3. The van der Waals surface area contributed by atoms with Crippen molar-refractivity contribution in [2.75, 3.05) is 0 Å². The second-order valence-electron chi connectivity index (χ2n) is 4.54. The van der Waals surface area contributed by atoms with E-state index in [4.69, 9.17) is 0 Å². The quantitative estimate of drug-likeness (QED) is 0.661. The molecule has 71 valence electrons. The van der Waals surface area contributed by atoms with E-state index in [9.17, 15) is 5.11 Å². The maximum atomic E-state index is 11.7. The first-order chi connectivity index (χ1) is 6.00. The van der Waals surface area contributed by atoms with Gasteiger partial charge in [-0.2, -0.15) is 0 Å². The van der Waals surface area contributed by atoms with Gasteiger partial charge < -0.3 is 0 Å². The van der Waals surface area contributed by atoms with Gasteiger partial charge in [0.05, 0.1) is 0 Å². The molecule has 0 aromatic heterocycles. The molecule has 13 heavy (non-hydrogen) atoms. The molecule has 1 aromatic carbocycles. The van der Waals surface area contributed by atoms with Crippen LogP contribution in [0.2, 0.25) is 0 Å². The molecule has 1 radical (unpaired) electrons. The van der Waals surface area contributed by atoms with E-state index in [0.717, 1.165) is 5.56 Å². The average Bonchev–Trinajstić information content (AvgIpc) is 2.04. The van der Waals surface area contributed by atoms with Gasteiger partial charge in [0.25, 0.3) is 0 Å².